The normalized spacial score (nSPS) is 10.4. The van der Waals surface area contributed by atoms with Gasteiger partial charge in [-0.15, -0.1) is 0 Å². The van der Waals surface area contributed by atoms with Crippen LogP contribution in [0.15, 0.2) is 109 Å². The molecule has 0 saturated heterocycles. The summed E-state index contributed by atoms with van der Waals surface area (Å²) in [5.74, 6) is -1.68. The van der Waals surface area contributed by atoms with Gasteiger partial charge in [-0.25, -0.2) is 29.0 Å². The first-order valence-corrected chi connectivity index (χ1v) is 14.7. The number of unbranched alkanes of at least 4 members (excludes halogenated alkanes) is 4. The summed E-state index contributed by atoms with van der Waals surface area (Å²) in [5, 5.41) is 8.47. The average molecular weight is 645 g/mol. The summed E-state index contributed by atoms with van der Waals surface area (Å²) in [5.41, 5.74) is 4.25. The lowest BCUT2D eigenvalue weighted by Gasteiger charge is -2.06. The van der Waals surface area contributed by atoms with Gasteiger partial charge >= 0.3 is 24.2 Å². The Hall–Kier alpha value is -5.72. The van der Waals surface area contributed by atoms with Gasteiger partial charge in [-0.3, -0.25) is 9.78 Å². The van der Waals surface area contributed by atoms with E-state index in [2.05, 4.69) is 29.6 Å². The van der Waals surface area contributed by atoms with E-state index in [1.165, 1.54) is 0 Å². The first-order chi connectivity index (χ1) is 23.0. The number of carbonyl (C=O) groups excluding carboxylic acids is 4. The average Bonchev–Trinajstić information content (AvgIpc) is 3.11. The standard InChI is InChI=1S/C35H32O12/c36-32(30-20-16-28(17-21-30)26-12-6-4-7-13-26)42-46-44-34(38)40-24-10-2-1-3-11-25-41-35(39)45-47-43-33(37)31-22-18-29(19-23-31)27-14-8-5-9-15-27/h4-9,12-23H,1-3,10-11,24-25H2. The monoisotopic (exact) mass is 644 g/mol. The molecule has 0 heterocycles. The van der Waals surface area contributed by atoms with E-state index in [0.29, 0.717) is 12.8 Å². The molecule has 0 amide bonds. The molecule has 4 rings (SSSR count). The van der Waals surface area contributed by atoms with E-state index in [4.69, 9.17) is 9.47 Å². The van der Waals surface area contributed by atoms with Gasteiger partial charge in [0.15, 0.2) is 0 Å². The number of rotatable bonds is 16. The van der Waals surface area contributed by atoms with Gasteiger partial charge in [-0.2, -0.15) is 0 Å². The van der Waals surface area contributed by atoms with Crippen molar-refractivity contribution in [1.29, 1.82) is 0 Å². The molecule has 0 fully saturated rings. The maximum absolute atomic E-state index is 12.0. The molecule has 0 aliphatic rings. The molecular formula is C35H32O12. The number of ether oxygens (including phenoxy) is 2. The molecule has 4 aromatic rings. The Bertz CT molecular complexity index is 1440. The minimum absolute atomic E-state index is 0.0626. The molecule has 12 nitrogen and oxygen atoms in total. The number of hydrogen-bond donors (Lipinski definition) is 0. The van der Waals surface area contributed by atoms with E-state index in [0.717, 1.165) is 41.5 Å². The summed E-state index contributed by atoms with van der Waals surface area (Å²) in [4.78, 5) is 64.8. The topological polar surface area (TPSA) is 142 Å². The zero-order valence-electron chi connectivity index (χ0n) is 25.2. The third kappa shape index (κ3) is 12.0. The van der Waals surface area contributed by atoms with E-state index >= 15 is 0 Å². The Morgan fingerprint density at radius 1 is 0.383 bits per heavy atom. The van der Waals surface area contributed by atoms with Crippen molar-refractivity contribution >= 4 is 24.2 Å². The molecule has 0 radical (unpaired) electrons. The van der Waals surface area contributed by atoms with E-state index in [1.807, 2.05) is 60.7 Å². The van der Waals surface area contributed by atoms with Crippen molar-refractivity contribution in [3.8, 4) is 22.3 Å². The fourth-order valence-corrected chi connectivity index (χ4v) is 4.20. The third-order valence-corrected chi connectivity index (χ3v) is 6.61. The first-order valence-electron chi connectivity index (χ1n) is 14.7. The lowest BCUT2D eigenvalue weighted by atomic mass is 10.0. The largest absolute Gasteiger partial charge is 0.543 e. The molecular weight excluding hydrogens is 612 g/mol. The second-order valence-corrected chi connectivity index (χ2v) is 9.90. The van der Waals surface area contributed by atoms with Crippen molar-refractivity contribution in [2.45, 2.75) is 32.1 Å². The molecule has 0 N–H and O–H groups in total. The molecule has 0 aromatic heterocycles. The van der Waals surface area contributed by atoms with Gasteiger partial charge in [0.05, 0.1) is 34.4 Å². The molecule has 0 aliphatic heterocycles. The van der Waals surface area contributed by atoms with Crippen molar-refractivity contribution in [1.82, 2.24) is 0 Å². The van der Waals surface area contributed by atoms with Gasteiger partial charge in [0.2, 0.25) is 0 Å². The Balaban J connectivity index is 0.951. The quantitative estimate of drug-likeness (QED) is 0.0505. The highest BCUT2D eigenvalue weighted by atomic mass is 17.5. The van der Waals surface area contributed by atoms with Crippen molar-refractivity contribution < 1.29 is 58.3 Å². The van der Waals surface area contributed by atoms with Crippen molar-refractivity contribution in [3.05, 3.63) is 120 Å². The molecule has 4 aromatic carbocycles. The van der Waals surface area contributed by atoms with Gasteiger partial charge in [-0.05, 0) is 59.4 Å². The smallest absolute Gasteiger partial charge is 0.432 e. The predicted molar refractivity (Wildman–Crippen MR) is 165 cm³/mol. The third-order valence-electron chi connectivity index (χ3n) is 6.61. The van der Waals surface area contributed by atoms with E-state index in [9.17, 15) is 19.2 Å². The van der Waals surface area contributed by atoms with Crippen molar-refractivity contribution in [2.75, 3.05) is 13.2 Å². The van der Waals surface area contributed by atoms with Crippen LogP contribution in [0.2, 0.25) is 0 Å². The second-order valence-electron chi connectivity index (χ2n) is 9.90. The molecule has 0 bridgehead atoms. The maximum atomic E-state index is 12.0. The molecule has 0 spiro atoms. The zero-order valence-corrected chi connectivity index (χ0v) is 25.2. The van der Waals surface area contributed by atoms with E-state index in [1.54, 1.807) is 48.5 Å². The minimum Gasteiger partial charge on any atom is -0.432 e. The summed E-state index contributed by atoms with van der Waals surface area (Å²) < 4.78 is 9.69. The van der Waals surface area contributed by atoms with Gasteiger partial charge in [0.1, 0.15) is 0 Å². The fourth-order valence-electron chi connectivity index (χ4n) is 4.20. The van der Waals surface area contributed by atoms with Crippen LogP contribution >= 0.6 is 0 Å². The van der Waals surface area contributed by atoms with Crippen LogP contribution < -0.4 is 0 Å². The highest BCUT2D eigenvalue weighted by Gasteiger charge is 2.14. The molecule has 0 aliphatic carbocycles. The van der Waals surface area contributed by atoms with Crippen molar-refractivity contribution in [2.24, 2.45) is 0 Å². The SMILES string of the molecule is O=C(OCCCCCCCOC(=O)OOOC(=O)c1ccc(-c2ccccc2)cc1)OOOC(=O)c1ccc(-c2ccccc2)cc1. The number of benzene rings is 4. The fraction of sp³-hybridized carbons (Fsp3) is 0.200. The highest BCUT2D eigenvalue weighted by molar-refractivity contribution is 5.90. The number of hydrogen-bond acceptors (Lipinski definition) is 12. The van der Waals surface area contributed by atoms with Crippen LogP contribution in [0.25, 0.3) is 22.3 Å². The second kappa shape index (κ2) is 18.9. The minimum atomic E-state index is -1.15. The summed E-state index contributed by atoms with van der Waals surface area (Å²) in [7, 11) is 0. The summed E-state index contributed by atoms with van der Waals surface area (Å²) in [6.07, 6.45) is 0.983. The maximum Gasteiger partial charge on any atom is 0.543 e. The Labute approximate surface area is 270 Å². The van der Waals surface area contributed by atoms with Crippen LogP contribution in [0.4, 0.5) is 9.59 Å². The summed E-state index contributed by atoms with van der Waals surface area (Å²) >= 11 is 0. The van der Waals surface area contributed by atoms with Crippen LogP contribution in [0, 0.1) is 0 Å². The Kier molecular flexibility index (Phi) is 13.8. The highest BCUT2D eigenvalue weighted by Crippen LogP contribution is 2.21. The Morgan fingerprint density at radius 2 is 0.723 bits per heavy atom. The molecule has 244 valence electrons. The Morgan fingerprint density at radius 3 is 1.11 bits per heavy atom. The molecule has 12 heteroatoms. The summed E-state index contributed by atoms with van der Waals surface area (Å²) in [6.45, 7) is 0.125. The van der Waals surface area contributed by atoms with E-state index < -0.39 is 24.2 Å². The van der Waals surface area contributed by atoms with Crippen LogP contribution in [0.1, 0.15) is 52.8 Å². The van der Waals surface area contributed by atoms with Gasteiger partial charge < -0.3 is 9.47 Å². The van der Waals surface area contributed by atoms with Crippen molar-refractivity contribution in [3.63, 3.8) is 0 Å². The molecule has 0 atom stereocenters. The molecule has 47 heavy (non-hydrogen) atoms. The molecule has 0 saturated carbocycles. The van der Waals surface area contributed by atoms with Crippen LogP contribution in [-0.2, 0) is 39.1 Å². The van der Waals surface area contributed by atoms with Gasteiger partial charge in [-0.1, -0.05) is 104 Å². The zero-order chi connectivity index (χ0) is 33.1. The predicted octanol–water partition coefficient (Wildman–Crippen LogP) is 7.98. The number of carbonyl (C=O) groups is 4. The summed E-state index contributed by atoms with van der Waals surface area (Å²) in [6, 6.07) is 32.5. The lowest BCUT2D eigenvalue weighted by molar-refractivity contribution is -0.452. The van der Waals surface area contributed by atoms with Crippen LogP contribution in [-0.4, -0.2) is 37.5 Å². The van der Waals surface area contributed by atoms with E-state index in [-0.39, 0.29) is 24.3 Å². The first kappa shape index (κ1) is 34.2. The van der Waals surface area contributed by atoms with Crippen LogP contribution in [0.5, 0.6) is 0 Å². The molecule has 0 unspecified atom stereocenters. The van der Waals surface area contributed by atoms with Gasteiger partial charge in [0.25, 0.3) is 0 Å². The lowest BCUT2D eigenvalue weighted by Crippen LogP contribution is -2.13. The van der Waals surface area contributed by atoms with Crippen LogP contribution in [0.3, 0.4) is 0 Å². The van der Waals surface area contributed by atoms with Gasteiger partial charge in [0, 0.05) is 0 Å².